The summed E-state index contributed by atoms with van der Waals surface area (Å²) in [5.74, 6) is -0.0587. The molecule has 0 fully saturated rings. The number of anilines is 1. The number of amides is 1. The van der Waals surface area contributed by atoms with Crippen LogP contribution in [0.4, 0.5) is 5.69 Å². The first-order valence-corrected chi connectivity index (χ1v) is 8.09. The van der Waals surface area contributed by atoms with Crippen LogP contribution in [-0.2, 0) is 18.9 Å². The zero-order chi connectivity index (χ0) is 17.3. The standard InChI is InChI=1S/C15H15N5O3S/c1-19-12-11(13(22)20(2)15(19)23)17-14(18-12)24-8-10(21)16-9-6-4-3-5-7-9/h3-7H,8H2,1-2H3,(H,16,21)(H,17,18). The molecule has 0 saturated heterocycles. The monoisotopic (exact) mass is 345 g/mol. The number of benzene rings is 1. The molecule has 0 spiro atoms. The molecule has 0 aliphatic carbocycles. The highest BCUT2D eigenvalue weighted by atomic mass is 32.2. The number of fused-ring (bicyclic) bond motifs is 1. The topological polar surface area (TPSA) is 102 Å². The summed E-state index contributed by atoms with van der Waals surface area (Å²) in [4.78, 5) is 43.0. The molecule has 124 valence electrons. The number of H-pyrrole nitrogens is 1. The Balaban J connectivity index is 1.78. The summed E-state index contributed by atoms with van der Waals surface area (Å²) in [5.41, 5.74) is 0.335. The molecule has 24 heavy (non-hydrogen) atoms. The van der Waals surface area contributed by atoms with Gasteiger partial charge in [-0.3, -0.25) is 18.7 Å². The van der Waals surface area contributed by atoms with Crippen molar-refractivity contribution in [2.24, 2.45) is 14.1 Å². The van der Waals surface area contributed by atoms with Crippen molar-refractivity contribution in [1.82, 2.24) is 19.1 Å². The van der Waals surface area contributed by atoms with E-state index in [1.54, 1.807) is 19.2 Å². The Bertz CT molecular complexity index is 1020. The van der Waals surface area contributed by atoms with E-state index in [-0.39, 0.29) is 22.8 Å². The fourth-order valence-electron chi connectivity index (χ4n) is 2.23. The lowest BCUT2D eigenvalue weighted by molar-refractivity contribution is -0.113. The first kappa shape index (κ1) is 16.1. The number of thioether (sulfide) groups is 1. The maximum absolute atomic E-state index is 12.1. The maximum Gasteiger partial charge on any atom is 0.332 e. The third-order valence-electron chi connectivity index (χ3n) is 3.47. The lowest BCUT2D eigenvalue weighted by Gasteiger charge is -2.03. The minimum absolute atomic E-state index is 0.128. The number of carbonyl (C=O) groups is 1. The quantitative estimate of drug-likeness (QED) is 0.678. The summed E-state index contributed by atoms with van der Waals surface area (Å²) >= 11 is 1.16. The number of aromatic nitrogens is 4. The van der Waals surface area contributed by atoms with Crippen LogP contribution < -0.4 is 16.6 Å². The van der Waals surface area contributed by atoms with Crippen molar-refractivity contribution in [2.45, 2.75) is 5.16 Å². The number of nitrogens with zero attached hydrogens (tertiary/aromatic N) is 3. The summed E-state index contributed by atoms with van der Waals surface area (Å²) in [7, 11) is 2.95. The molecule has 0 radical (unpaired) electrons. The molecular weight excluding hydrogens is 330 g/mol. The molecule has 0 saturated carbocycles. The van der Waals surface area contributed by atoms with Gasteiger partial charge in [-0.15, -0.1) is 0 Å². The number of nitrogens with one attached hydrogen (secondary N) is 2. The van der Waals surface area contributed by atoms with E-state index in [1.165, 1.54) is 11.6 Å². The second-order valence-electron chi connectivity index (χ2n) is 5.15. The molecular formula is C15H15N5O3S. The Morgan fingerprint density at radius 3 is 2.62 bits per heavy atom. The van der Waals surface area contributed by atoms with Gasteiger partial charge >= 0.3 is 5.69 Å². The number of aromatic amines is 1. The minimum Gasteiger partial charge on any atom is -0.327 e. The highest BCUT2D eigenvalue weighted by molar-refractivity contribution is 7.99. The predicted molar refractivity (Wildman–Crippen MR) is 92.4 cm³/mol. The number of para-hydroxylation sites is 1. The van der Waals surface area contributed by atoms with Crippen LogP contribution in [0.1, 0.15) is 0 Å². The van der Waals surface area contributed by atoms with Crippen molar-refractivity contribution in [3.8, 4) is 0 Å². The fraction of sp³-hybridized carbons (Fsp3) is 0.200. The Morgan fingerprint density at radius 1 is 1.21 bits per heavy atom. The van der Waals surface area contributed by atoms with Crippen molar-refractivity contribution in [2.75, 3.05) is 11.1 Å². The highest BCUT2D eigenvalue weighted by Crippen LogP contribution is 2.17. The van der Waals surface area contributed by atoms with Crippen molar-refractivity contribution in [3.63, 3.8) is 0 Å². The number of imidazole rings is 1. The van der Waals surface area contributed by atoms with Crippen LogP contribution >= 0.6 is 11.8 Å². The molecule has 3 aromatic rings. The summed E-state index contributed by atoms with van der Waals surface area (Å²) in [6, 6.07) is 9.12. The SMILES string of the molecule is Cn1c(=O)c2[nH]c(SCC(=O)Nc3ccccc3)nc2n(C)c1=O. The predicted octanol–water partition coefficient (Wildman–Crippen LogP) is 0.691. The molecule has 0 atom stereocenters. The van der Waals surface area contributed by atoms with Crippen molar-refractivity contribution in [1.29, 1.82) is 0 Å². The van der Waals surface area contributed by atoms with Crippen LogP contribution in [-0.4, -0.2) is 30.8 Å². The van der Waals surface area contributed by atoms with Gasteiger partial charge in [-0.05, 0) is 12.1 Å². The van der Waals surface area contributed by atoms with E-state index in [4.69, 9.17) is 0 Å². The van der Waals surface area contributed by atoms with Crippen molar-refractivity contribution in [3.05, 3.63) is 51.2 Å². The lowest BCUT2D eigenvalue weighted by Crippen LogP contribution is -2.36. The number of carbonyl (C=O) groups excluding carboxylic acids is 1. The minimum atomic E-state index is -0.447. The first-order valence-electron chi connectivity index (χ1n) is 7.11. The van der Waals surface area contributed by atoms with Crippen molar-refractivity contribution >= 4 is 34.5 Å². The Morgan fingerprint density at radius 2 is 1.92 bits per heavy atom. The van der Waals surface area contributed by atoms with Crippen LogP contribution in [0, 0.1) is 0 Å². The second kappa shape index (κ2) is 6.36. The molecule has 8 nitrogen and oxygen atoms in total. The van der Waals surface area contributed by atoms with Gasteiger partial charge in [0.2, 0.25) is 5.91 Å². The van der Waals surface area contributed by atoms with Gasteiger partial charge in [0, 0.05) is 19.8 Å². The van der Waals surface area contributed by atoms with Crippen LogP contribution in [0.25, 0.3) is 11.2 Å². The third-order valence-corrected chi connectivity index (χ3v) is 4.34. The van der Waals surface area contributed by atoms with E-state index in [1.807, 2.05) is 18.2 Å². The van der Waals surface area contributed by atoms with Gasteiger partial charge in [-0.1, -0.05) is 30.0 Å². The van der Waals surface area contributed by atoms with E-state index in [0.717, 1.165) is 16.3 Å². The highest BCUT2D eigenvalue weighted by Gasteiger charge is 2.14. The maximum atomic E-state index is 12.1. The molecule has 3 rings (SSSR count). The molecule has 0 aliphatic rings. The van der Waals surface area contributed by atoms with Gasteiger partial charge in [0.15, 0.2) is 16.3 Å². The Hall–Kier alpha value is -2.81. The summed E-state index contributed by atoms with van der Waals surface area (Å²) in [6.07, 6.45) is 0. The molecule has 0 aliphatic heterocycles. The van der Waals surface area contributed by atoms with E-state index < -0.39 is 11.2 Å². The zero-order valence-electron chi connectivity index (χ0n) is 13.1. The van der Waals surface area contributed by atoms with Crippen LogP contribution in [0.15, 0.2) is 45.1 Å². The summed E-state index contributed by atoms with van der Waals surface area (Å²) in [5, 5.41) is 3.17. The van der Waals surface area contributed by atoms with Gasteiger partial charge in [0.25, 0.3) is 5.56 Å². The lowest BCUT2D eigenvalue weighted by atomic mass is 10.3. The van der Waals surface area contributed by atoms with Crippen LogP contribution in [0.2, 0.25) is 0 Å². The van der Waals surface area contributed by atoms with E-state index in [2.05, 4.69) is 15.3 Å². The second-order valence-corrected chi connectivity index (χ2v) is 6.11. The number of rotatable bonds is 4. The molecule has 2 heterocycles. The van der Waals surface area contributed by atoms with Gasteiger partial charge in [0.05, 0.1) is 5.75 Å². The first-order chi connectivity index (χ1) is 11.5. The molecule has 0 unspecified atom stereocenters. The molecule has 0 bridgehead atoms. The number of hydrogen-bond acceptors (Lipinski definition) is 5. The van der Waals surface area contributed by atoms with Crippen LogP contribution in [0.5, 0.6) is 0 Å². The van der Waals surface area contributed by atoms with E-state index in [0.29, 0.717) is 10.8 Å². The third kappa shape index (κ3) is 2.98. The van der Waals surface area contributed by atoms with Gasteiger partial charge in [-0.2, -0.15) is 0 Å². The van der Waals surface area contributed by atoms with E-state index in [9.17, 15) is 14.4 Å². The molecule has 9 heteroatoms. The van der Waals surface area contributed by atoms with E-state index >= 15 is 0 Å². The Kier molecular flexibility index (Phi) is 4.26. The van der Waals surface area contributed by atoms with Crippen molar-refractivity contribution < 1.29 is 4.79 Å². The molecule has 1 aromatic carbocycles. The average molecular weight is 345 g/mol. The fourth-order valence-corrected chi connectivity index (χ4v) is 2.89. The van der Waals surface area contributed by atoms with Gasteiger partial charge in [-0.25, -0.2) is 9.78 Å². The zero-order valence-corrected chi connectivity index (χ0v) is 13.9. The largest absolute Gasteiger partial charge is 0.332 e. The number of hydrogen-bond donors (Lipinski definition) is 2. The number of aryl methyl sites for hydroxylation is 1. The van der Waals surface area contributed by atoms with Gasteiger partial charge in [0.1, 0.15) is 0 Å². The van der Waals surface area contributed by atoms with Gasteiger partial charge < -0.3 is 10.3 Å². The molecule has 1 amide bonds. The average Bonchev–Trinajstić information content (AvgIpc) is 3.02. The molecule has 2 aromatic heterocycles. The Labute approximate surface area is 140 Å². The molecule has 2 N–H and O–H groups in total. The summed E-state index contributed by atoms with van der Waals surface area (Å²) < 4.78 is 2.30. The van der Waals surface area contributed by atoms with Crippen LogP contribution in [0.3, 0.4) is 0 Å². The smallest absolute Gasteiger partial charge is 0.327 e. The summed E-state index contributed by atoms with van der Waals surface area (Å²) in [6.45, 7) is 0. The normalized spacial score (nSPS) is 10.9.